The molecular formula is C18H24ClN5O2. The maximum absolute atomic E-state index is 12.3. The molecule has 2 N–H and O–H groups in total. The molecule has 0 bridgehead atoms. The van der Waals surface area contributed by atoms with Crippen molar-refractivity contribution < 1.29 is 9.59 Å². The Morgan fingerprint density at radius 3 is 3.04 bits per heavy atom. The molecule has 0 radical (unpaired) electrons. The summed E-state index contributed by atoms with van der Waals surface area (Å²) >= 11 is 5.97. The van der Waals surface area contributed by atoms with E-state index in [1.54, 1.807) is 11.0 Å². The molecule has 3 rings (SSSR count). The van der Waals surface area contributed by atoms with Crippen LogP contribution in [0.4, 0.5) is 0 Å². The number of nitrogens with zero attached hydrogens (tertiary/aromatic N) is 3. The van der Waals surface area contributed by atoms with E-state index in [-0.39, 0.29) is 17.7 Å². The van der Waals surface area contributed by atoms with Gasteiger partial charge < -0.3 is 20.1 Å². The minimum Gasteiger partial charge on any atom is -0.355 e. The molecule has 1 aliphatic rings. The first-order valence-corrected chi connectivity index (χ1v) is 9.14. The van der Waals surface area contributed by atoms with Gasteiger partial charge in [-0.1, -0.05) is 11.6 Å². The summed E-state index contributed by atoms with van der Waals surface area (Å²) in [5, 5.41) is 3.58. The lowest BCUT2D eigenvalue weighted by atomic mass is 10.1. The van der Waals surface area contributed by atoms with Crippen LogP contribution in [0.15, 0.2) is 18.2 Å². The van der Waals surface area contributed by atoms with Gasteiger partial charge in [0.2, 0.25) is 11.8 Å². The average Bonchev–Trinajstić information content (AvgIpc) is 3.15. The number of hydrogen-bond acceptors (Lipinski definition) is 4. The largest absolute Gasteiger partial charge is 0.355 e. The Hall–Kier alpha value is -2.12. The number of aromatic nitrogens is 2. The summed E-state index contributed by atoms with van der Waals surface area (Å²) in [7, 11) is 3.94. The number of nitrogens with one attached hydrogen (secondary N) is 2. The molecule has 2 aromatic rings. The number of aromatic amines is 1. The van der Waals surface area contributed by atoms with Crippen LogP contribution in [0.2, 0.25) is 5.02 Å². The highest BCUT2D eigenvalue weighted by Crippen LogP contribution is 2.18. The summed E-state index contributed by atoms with van der Waals surface area (Å²) in [5.74, 6) is 0.530. The van der Waals surface area contributed by atoms with Crippen LogP contribution in [0.25, 0.3) is 11.0 Å². The smallest absolute Gasteiger partial charge is 0.225 e. The number of fused-ring (bicyclic) bond motifs is 1. The van der Waals surface area contributed by atoms with Crippen LogP contribution in [-0.2, 0) is 16.0 Å². The normalized spacial score (nSPS) is 17.5. The fraction of sp³-hybridized carbons (Fsp3) is 0.500. The second-order valence-electron chi connectivity index (χ2n) is 6.93. The van der Waals surface area contributed by atoms with Crippen LogP contribution in [0, 0.1) is 5.92 Å². The molecule has 2 amide bonds. The third-order valence-electron chi connectivity index (χ3n) is 4.56. The molecule has 1 aromatic heterocycles. The van der Waals surface area contributed by atoms with Gasteiger partial charge in [0, 0.05) is 44.0 Å². The maximum Gasteiger partial charge on any atom is 0.225 e. The molecule has 1 aliphatic heterocycles. The van der Waals surface area contributed by atoms with Crippen LogP contribution in [0.1, 0.15) is 12.2 Å². The number of likely N-dealkylation sites (N-methyl/N-ethyl adjacent to an activating group) is 1. The summed E-state index contributed by atoms with van der Waals surface area (Å²) in [6.07, 6.45) is 0.894. The van der Waals surface area contributed by atoms with Crippen molar-refractivity contribution in [2.24, 2.45) is 5.92 Å². The summed E-state index contributed by atoms with van der Waals surface area (Å²) in [4.78, 5) is 35.8. The number of imidazole rings is 1. The van der Waals surface area contributed by atoms with Gasteiger partial charge in [-0.15, -0.1) is 0 Å². The Morgan fingerprint density at radius 1 is 1.46 bits per heavy atom. The molecule has 1 fully saturated rings. The number of halogens is 1. The Bertz CT molecular complexity index is 804. The first-order chi connectivity index (χ1) is 12.4. The zero-order chi connectivity index (χ0) is 18.7. The lowest BCUT2D eigenvalue weighted by Gasteiger charge is -2.19. The monoisotopic (exact) mass is 377 g/mol. The van der Waals surface area contributed by atoms with Crippen molar-refractivity contribution in [2.45, 2.75) is 12.8 Å². The fourth-order valence-electron chi connectivity index (χ4n) is 3.09. The molecule has 0 saturated carbocycles. The van der Waals surface area contributed by atoms with Gasteiger partial charge in [-0.2, -0.15) is 0 Å². The SMILES string of the molecule is CN(C)CCN1C[C@H](C(=O)NCCc2nc3ccc(Cl)cc3[nH]2)CC1=O. The third-order valence-corrected chi connectivity index (χ3v) is 4.79. The predicted molar refractivity (Wildman–Crippen MR) is 101 cm³/mol. The van der Waals surface area contributed by atoms with Crippen LogP contribution < -0.4 is 5.32 Å². The first kappa shape index (κ1) is 18.7. The van der Waals surface area contributed by atoms with E-state index in [2.05, 4.69) is 15.3 Å². The van der Waals surface area contributed by atoms with Crippen molar-refractivity contribution in [3.63, 3.8) is 0 Å². The van der Waals surface area contributed by atoms with Crippen molar-refractivity contribution >= 4 is 34.4 Å². The van der Waals surface area contributed by atoms with Crippen LogP contribution >= 0.6 is 11.6 Å². The van der Waals surface area contributed by atoms with E-state index in [4.69, 9.17) is 11.6 Å². The predicted octanol–water partition coefficient (Wildman–Crippen LogP) is 1.29. The number of rotatable bonds is 7. The minimum atomic E-state index is -0.265. The zero-order valence-corrected chi connectivity index (χ0v) is 15.8. The highest BCUT2D eigenvalue weighted by Gasteiger charge is 2.33. The number of likely N-dealkylation sites (tertiary alicyclic amines) is 1. The number of hydrogen-bond donors (Lipinski definition) is 2. The molecule has 0 unspecified atom stereocenters. The van der Waals surface area contributed by atoms with Crippen molar-refractivity contribution in [2.75, 3.05) is 40.3 Å². The number of carbonyl (C=O) groups excluding carboxylic acids is 2. The Kier molecular flexibility index (Phi) is 5.78. The topological polar surface area (TPSA) is 81.3 Å². The van der Waals surface area contributed by atoms with Crippen LogP contribution in [0.5, 0.6) is 0 Å². The third kappa shape index (κ3) is 4.53. The van der Waals surface area contributed by atoms with Crippen LogP contribution in [0.3, 0.4) is 0 Å². The summed E-state index contributed by atoms with van der Waals surface area (Å²) < 4.78 is 0. The van der Waals surface area contributed by atoms with E-state index in [1.165, 1.54) is 0 Å². The quantitative estimate of drug-likeness (QED) is 0.761. The standard InChI is InChI=1S/C18H24ClN5O2/c1-23(2)7-8-24-11-12(9-17(24)25)18(26)20-6-5-16-21-14-4-3-13(19)10-15(14)22-16/h3-4,10,12H,5-9,11H2,1-2H3,(H,20,26)(H,21,22)/t12-/m1/s1. The molecular weight excluding hydrogens is 354 g/mol. The van der Waals surface area contributed by atoms with Gasteiger partial charge in [0.05, 0.1) is 17.0 Å². The second-order valence-corrected chi connectivity index (χ2v) is 7.37. The van der Waals surface area contributed by atoms with Crippen LogP contribution in [-0.4, -0.2) is 71.9 Å². The maximum atomic E-state index is 12.3. The summed E-state index contributed by atoms with van der Waals surface area (Å²) in [6, 6.07) is 5.50. The van der Waals surface area contributed by atoms with E-state index >= 15 is 0 Å². The van der Waals surface area contributed by atoms with Gasteiger partial charge in [-0.25, -0.2) is 4.98 Å². The first-order valence-electron chi connectivity index (χ1n) is 8.77. The lowest BCUT2D eigenvalue weighted by molar-refractivity contribution is -0.129. The Labute approximate surface area is 157 Å². The number of carbonyl (C=O) groups is 2. The molecule has 8 heteroatoms. The molecule has 0 spiro atoms. The van der Waals surface area contributed by atoms with Gasteiger partial charge in [-0.05, 0) is 32.3 Å². The van der Waals surface area contributed by atoms with Gasteiger partial charge in [-0.3, -0.25) is 9.59 Å². The van der Waals surface area contributed by atoms with Crippen molar-refractivity contribution in [3.8, 4) is 0 Å². The van der Waals surface area contributed by atoms with Crippen molar-refractivity contribution in [3.05, 3.63) is 29.0 Å². The van der Waals surface area contributed by atoms with E-state index in [9.17, 15) is 9.59 Å². The molecule has 0 aliphatic carbocycles. The van der Waals surface area contributed by atoms with E-state index in [0.29, 0.717) is 37.5 Å². The molecule has 26 heavy (non-hydrogen) atoms. The highest BCUT2D eigenvalue weighted by molar-refractivity contribution is 6.31. The number of amides is 2. The van der Waals surface area contributed by atoms with Crippen molar-refractivity contribution in [1.29, 1.82) is 0 Å². The zero-order valence-electron chi connectivity index (χ0n) is 15.1. The van der Waals surface area contributed by atoms with E-state index in [1.807, 2.05) is 31.1 Å². The Balaban J connectivity index is 1.47. The number of H-pyrrole nitrogens is 1. The summed E-state index contributed by atoms with van der Waals surface area (Å²) in [6.45, 7) is 2.45. The highest BCUT2D eigenvalue weighted by atomic mass is 35.5. The van der Waals surface area contributed by atoms with Gasteiger partial charge in [0.25, 0.3) is 0 Å². The summed E-state index contributed by atoms with van der Waals surface area (Å²) in [5.41, 5.74) is 1.74. The molecule has 1 aromatic carbocycles. The fourth-order valence-corrected chi connectivity index (χ4v) is 3.26. The van der Waals surface area contributed by atoms with Gasteiger partial charge in [0.1, 0.15) is 5.82 Å². The molecule has 140 valence electrons. The average molecular weight is 378 g/mol. The molecule has 1 saturated heterocycles. The number of benzene rings is 1. The van der Waals surface area contributed by atoms with Crippen molar-refractivity contribution in [1.82, 2.24) is 25.1 Å². The molecule has 2 heterocycles. The minimum absolute atomic E-state index is 0.0566. The van der Waals surface area contributed by atoms with E-state index < -0.39 is 0 Å². The molecule has 1 atom stereocenters. The molecule has 7 nitrogen and oxygen atoms in total. The van der Waals surface area contributed by atoms with Gasteiger partial charge >= 0.3 is 0 Å². The second kappa shape index (κ2) is 8.05. The van der Waals surface area contributed by atoms with E-state index in [0.717, 1.165) is 23.4 Å². The Morgan fingerprint density at radius 2 is 2.27 bits per heavy atom. The lowest BCUT2D eigenvalue weighted by Crippen LogP contribution is -2.36. The van der Waals surface area contributed by atoms with Gasteiger partial charge in [0.15, 0.2) is 0 Å².